The molecular weight excluding hydrogens is 323 g/mol. The van der Waals surface area contributed by atoms with E-state index in [0.29, 0.717) is 25.3 Å². The van der Waals surface area contributed by atoms with E-state index in [2.05, 4.69) is 15.5 Å². The van der Waals surface area contributed by atoms with Gasteiger partial charge in [-0.05, 0) is 29.8 Å². The van der Waals surface area contributed by atoms with Crippen molar-refractivity contribution in [3.8, 4) is 16.9 Å². The molecule has 2 heterocycles. The number of ether oxygens (including phenoxy) is 1. The molecule has 25 heavy (non-hydrogen) atoms. The normalized spacial score (nSPS) is 13.9. The van der Waals surface area contributed by atoms with Crippen molar-refractivity contribution in [2.75, 3.05) is 20.2 Å². The van der Waals surface area contributed by atoms with Gasteiger partial charge in [0, 0.05) is 23.6 Å². The number of benzene rings is 2. The lowest BCUT2D eigenvalue weighted by Gasteiger charge is -2.19. The van der Waals surface area contributed by atoms with E-state index in [9.17, 15) is 9.18 Å². The van der Waals surface area contributed by atoms with Crippen LogP contribution >= 0.6 is 0 Å². The highest BCUT2D eigenvalue weighted by Gasteiger charge is 2.20. The number of carbonyl (C=O) groups excluding carboxylic acids is 1. The minimum absolute atomic E-state index is 0.162. The van der Waals surface area contributed by atoms with Crippen molar-refractivity contribution < 1.29 is 13.9 Å². The van der Waals surface area contributed by atoms with Gasteiger partial charge in [0.2, 0.25) is 0 Å². The second-order valence-electron chi connectivity index (χ2n) is 5.90. The fourth-order valence-electron chi connectivity index (χ4n) is 3.17. The molecule has 0 atom stereocenters. The molecule has 0 bridgehead atoms. The Kier molecular flexibility index (Phi) is 3.76. The van der Waals surface area contributed by atoms with Crippen LogP contribution in [0, 0.1) is 5.82 Å². The molecule has 7 heteroatoms. The monoisotopic (exact) mass is 340 g/mol. The highest BCUT2D eigenvalue weighted by molar-refractivity contribution is 5.94. The molecule has 0 spiro atoms. The molecule has 6 nitrogen and oxygen atoms in total. The molecule has 2 aromatic carbocycles. The van der Waals surface area contributed by atoms with E-state index in [0.717, 1.165) is 27.8 Å². The van der Waals surface area contributed by atoms with Crippen LogP contribution in [0.15, 0.2) is 36.5 Å². The lowest BCUT2D eigenvalue weighted by molar-refractivity contribution is 0.190. The lowest BCUT2D eigenvalue weighted by Crippen LogP contribution is -2.38. The molecular formula is C18H17FN4O2. The number of rotatable bonds is 1. The fraction of sp³-hybridized carbons (Fsp3) is 0.222. The second kappa shape index (κ2) is 6.08. The van der Waals surface area contributed by atoms with Crippen molar-refractivity contribution in [1.29, 1.82) is 0 Å². The summed E-state index contributed by atoms with van der Waals surface area (Å²) in [5.41, 5.74) is 2.84. The predicted octanol–water partition coefficient (Wildman–Crippen LogP) is 2.90. The Balaban J connectivity index is 1.80. The molecule has 0 unspecified atom stereocenters. The summed E-state index contributed by atoms with van der Waals surface area (Å²) in [6, 6.07) is 8.47. The summed E-state index contributed by atoms with van der Waals surface area (Å²) in [5, 5.41) is 10.2. The van der Waals surface area contributed by atoms with Crippen molar-refractivity contribution in [2.45, 2.75) is 6.54 Å². The first-order valence-electron chi connectivity index (χ1n) is 8.01. The average molecular weight is 340 g/mol. The van der Waals surface area contributed by atoms with Crippen LogP contribution in [0.1, 0.15) is 5.56 Å². The molecule has 0 fully saturated rings. The summed E-state index contributed by atoms with van der Waals surface area (Å²) >= 11 is 0. The van der Waals surface area contributed by atoms with Crippen molar-refractivity contribution in [3.63, 3.8) is 0 Å². The number of nitrogens with one attached hydrogen (secondary N) is 2. The van der Waals surface area contributed by atoms with E-state index in [4.69, 9.17) is 4.74 Å². The molecule has 4 rings (SSSR count). The van der Waals surface area contributed by atoms with Crippen LogP contribution in [0.2, 0.25) is 0 Å². The van der Waals surface area contributed by atoms with Crippen LogP contribution in [-0.2, 0) is 6.54 Å². The van der Waals surface area contributed by atoms with Crippen LogP contribution in [0.5, 0.6) is 5.75 Å². The summed E-state index contributed by atoms with van der Waals surface area (Å²) in [5.74, 6) is 0.404. The first kappa shape index (κ1) is 15.4. The molecule has 2 amide bonds. The molecule has 0 aliphatic carbocycles. The van der Waals surface area contributed by atoms with Gasteiger partial charge in [-0.1, -0.05) is 6.07 Å². The Morgan fingerprint density at radius 3 is 3.08 bits per heavy atom. The Hall–Kier alpha value is -3.09. The molecule has 1 aliphatic heterocycles. The van der Waals surface area contributed by atoms with Crippen LogP contribution in [0.25, 0.3) is 22.0 Å². The fourth-order valence-corrected chi connectivity index (χ4v) is 3.17. The summed E-state index contributed by atoms with van der Waals surface area (Å²) in [4.78, 5) is 13.6. The van der Waals surface area contributed by atoms with E-state index >= 15 is 0 Å². The minimum atomic E-state index is -0.313. The molecule has 3 aromatic rings. The smallest absolute Gasteiger partial charge is 0.317 e. The van der Waals surface area contributed by atoms with E-state index in [-0.39, 0.29) is 11.8 Å². The number of amides is 2. The zero-order valence-electron chi connectivity index (χ0n) is 13.7. The summed E-state index contributed by atoms with van der Waals surface area (Å²) in [7, 11) is 1.60. The number of urea groups is 1. The maximum absolute atomic E-state index is 14.5. The Morgan fingerprint density at radius 1 is 1.36 bits per heavy atom. The van der Waals surface area contributed by atoms with Gasteiger partial charge in [-0.2, -0.15) is 5.10 Å². The Labute approximate surface area is 143 Å². The Bertz CT molecular complexity index is 953. The molecule has 1 aliphatic rings. The topological polar surface area (TPSA) is 70.2 Å². The molecule has 2 N–H and O–H groups in total. The number of halogens is 1. The number of nitrogens with zero attached hydrogens (tertiary/aromatic N) is 2. The molecule has 0 saturated carbocycles. The third-order valence-corrected chi connectivity index (χ3v) is 4.40. The van der Waals surface area contributed by atoms with Gasteiger partial charge in [0.05, 0.1) is 24.8 Å². The number of fused-ring (bicyclic) bond motifs is 2. The molecule has 1 aromatic heterocycles. The number of H-pyrrole nitrogens is 1. The Morgan fingerprint density at radius 2 is 2.24 bits per heavy atom. The van der Waals surface area contributed by atoms with Gasteiger partial charge >= 0.3 is 6.03 Å². The summed E-state index contributed by atoms with van der Waals surface area (Å²) < 4.78 is 20.2. The third kappa shape index (κ3) is 2.67. The number of hydrogen-bond donors (Lipinski definition) is 2. The summed E-state index contributed by atoms with van der Waals surface area (Å²) in [6.07, 6.45) is 1.62. The van der Waals surface area contributed by atoms with E-state index in [1.807, 2.05) is 18.2 Å². The third-order valence-electron chi connectivity index (χ3n) is 4.40. The first-order chi connectivity index (χ1) is 12.2. The number of aromatic nitrogens is 2. The van der Waals surface area contributed by atoms with Crippen LogP contribution < -0.4 is 10.1 Å². The SMILES string of the molecule is CNC(=O)N1CCOc2ccc(-c3c(F)ccc4[nH]ncc34)cc2C1. The van der Waals surface area contributed by atoms with Crippen molar-refractivity contribution in [1.82, 2.24) is 20.4 Å². The second-order valence-corrected chi connectivity index (χ2v) is 5.90. The van der Waals surface area contributed by atoms with Crippen molar-refractivity contribution in [2.24, 2.45) is 0 Å². The van der Waals surface area contributed by atoms with E-state index in [1.54, 1.807) is 24.2 Å². The lowest BCUT2D eigenvalue weighted by atomic mass is 9.98. The van der Waals surface area contributed by atoms with Crippen LogP contribution in [0.4, 0.5) is 9.18 Å². The number of aromatic amines is 1. The maximum Gasteiger partial charge on any atom is 0.317 e. The standard InChI is InChI=1S/C18H17FN4O2/c1-20-18(24)23-6-7-25-16-5-2-11(8-12(16)10-23)17-13-9-21-22-15(13)4-3-14(17)19/h2-5,8-9H,6-7,10H2,1H3,(H,20,24)(H,21,22). The minimum Gasteiger partial charge on any atom is -0.491 e. The van der Waals surface area contributed by atoms with Crippen LogP contribution in [0.3, 0.4) is 0 Å². The highest BCUT2D eigenvalue weighted by Crippen LogP contribution is 2.34. The zero-order chi connectivity index (χ0) is 17.4. The average Bonchev–Trinajstić information content (AvgIpc) is 2.99. The van der Waals surface area contributed by atoms with Crippen molar-refractivity contribution in [3.05, 3.63) is 47.9 Å². The van der Waals surface area contributed by atoms with E-state index < -0.39 is 0 Å². The molecule has 0 saturated heterocycles. The van der Waals surface area contributed by atoms with Gasteiger partial charge in [0.15, 0.2) is 0 Å². The van der Waals surface area contributed by atoms with Gasteiger partial charge in [-0.3, -0.25) is 5.10 Å². The highest BCUT2D eigenvalue weighted by atomic mass is 19.1. The predicted molar refractivity (Wildman–Crippen MR) is 91.8 cm³/mol. The quantitative estimate of drug-likeness (QED) is 0.716. The van der Waals surface area contributed by atoms with Gasteiger partial charge in [-0.15, -0.1) is 0 Å². The molecule has 0 radical (unpaired) electrons. The molecule has 128 valence electrons. The first-order valence-corrected chi connectivity index (χ1v) is 8.01. The van der Waals surface area contributed by atoms with Gasteiger partial charge in [0.1, 0.15) is 18.2 Å². The van der Waals surface area contributed by atoms with E-state index in [1.165, 1.54) is 6.07 Å². The largest absolute Gasteiger partial charge is 0.491 e. The van der Waals surface area contributed by atoms with Gasteiger partial charge in [0.25, 0.3) is 0 Å². The van der Waals surface area contributed by atoms with Crippen LogP contribution in [-0.4, -0.2) is 41.3 Å². The van der Waals surface area contributed by atoms with Gasteiger partial charge in [-0.25, -0.2) is 9.18 Å². The van der Waals surface area contributed by atoms with Crippen molar-refractivity contribution >= 4 is 16.9 Å². The zero-order valence-corrected chi connectivity index (χ0v) is 13.7. The maximum atomic E-state index is 14.5. The number of carbonyl (C=O) groups is 1. The van der Waals surface area contributed by atoms with Gasteiger partial charge < -0.3 is 15.0 Å². The summed E-state index contributed by atoms with van der Waals surface area (Å²) in [6.45, 7) is 1.33. The number of hydrogen-bond acceptors (Lipinski definition) is 3.